The summed E-state index contributed by atoms with van der Waals surface area (Å²) in [4.78, 5) is 13.2. The van der Waals surface area contributed by atoms with Crippen LogP contribution in [0, 0.1) is 0 Å². The zero-order valence-electron chi connectivity index (χ0n) is 64.1. The minimum absolute atomic E-state index is 0.168. The summed E-state index contributed by atoms with van der Waals surface area (Å²) < 4.78 is 11.4. The molecule has 1 fully saturated rings. The molecule has 7 atom stereocenters. The highest BCUT2D eigenvalue weighted by Crippen LogP contribution is 2.24. The number of carbonyl (C=O) groups is 1. The number of hydrogen-bond acceptors (Lipinski definition) is 8. The summed E-state index contributed by atoms with van der Waals surface area (Å²) >= 11 is 0. The highest BCUT2D eigenvalue weighted by molar-refractivity contribution is 5.76. The third-order valence-electron chi connectivity index (χ3n) is 20.3. The molecule has 0 radical (unpaired) electrons. The van der Waals surface area contributed by atoms with E-state index in [0.717, 1.165) is 70.6 Å². The Hall–Kier alpha value is -2.37. The number of aliphatic hydroxyl groups excluding tert-OH is 5. The van der Waals surface area contributed by atoms with Crippen LogP contribution in [-0.4, -0.2) is 87.5 Å². The SMILES string of the molecule is CC/C=C\C/C=C\C/C=C\C/C=C\C/C=C\CCCCCCCCCCCCCCCCCCCCCCCCCCCC(=O)NC(COC1OC(CO)C(O)C(O)C1O)C(O)/C=C/CCCCCCCCCCCCCCCCCCCCCCCCCCCCCCCCC. The van der Waals surface area contributed by atoms with Crippen molar-refractivity contribution in [2.45, 2.75) is 468 Å². The van der Waals surface area contributed by atoms with Crippen molar-refractivity contribution in [2.24, 2.45) is 0 Å². The number of carbonyl (C=O) groups excluding carboxylic acids is 1. The number of aliphatic hydroxyl groups is 5. The molecule has 1 heterocycles. The van der Waals surface area contributed by atoms with Crippen LogP contribution in [0.15, 0.2) is 72.9 Å². The highest BCUT2D eigenvalue weighted by Gasteiger charge is 2.44. The molecule has 0 aromatic heterocycles. The number of unbranched alkanes of at least 4 members (excludes halogenated alkanes) is 56. The number of amides is 1. The van der Waals surface area contributed by atoms with Gasteiger partial charge in [-0.3, -0.25) is 4.79 Å². The minimum atomic E-state index is -1.57. The van der Waals surface area contributed by atoms with E-state index in [1.165, 1.54) is 334 Å². The maximum atomic E-state index is 13.2. The van der Waals surface area contributed by atoms with E-state index < -0.39 is 49.5 Å². The second-order valence-electron chi connectivity index (χ2n) is 29.6. The Labute approximate surface area is 601 Å². The Morgan fingerprint density at radius 2 is 0.639 bits per heavy atom. The van der Waals surface area contributed by atoms with Crippen molar-refractivity contribution in [1.82, 2.24) is 5.32 Å². The Morgan fingerprint density at radius 1 is 0.361 bits per heavy atom. The van der Waals surface area contributed by atoms with Crippen LogP contribution in [0.3, 0.4) is 0 Å². The summed E-state index contributed by atoms with van der Waals surface area (Å²) in [5.41, 5.74) is 0. The summed E-state index contributed by atoms with van der Waals surface area (Å²) in [5.74, 6) is -0.168. The van der Waals surface area contributed by atoms with Gasteiger partial charge in [0.05, 0.1) is 25.4 Å². The molecule has 1 aliphatic heterocycles. The van der Waals surface area contributed by atoms with E-state index in [9.17, 15) is 30.3 Å². The van der Waals surface area contributed by atoms with Crippen LogP contribution in [0.2, 0.25) is 0 Å². The fourth-order valence-electron chi connectivity index (χ4n) is 13.7. The van der Waals surface area contributed by atoms with E-state index in [0.29, 0.717) is 6.42 Å². The van der Waals surface area contributed by atoms with E-state index in [1.54, 1.807) is 6.08 Å². The van der Waals surface area contributed by atoms with E-state index in [1.807, 2.05) is 6.08 Å². The molecule has 9 heteroatoms. The van der Waals surface area contributed by atoms with Gasteiger partial charge in [0.25, 0.3) is 0 Å². The fraction of sp³-hybridized carbons (Fsp3) is 0.852. The first-order valence-electron chi connectivity index (χ1n) is 42.7. The minimum Gasteiger partial charge on any atom is -0.394 e. The molecule has 0 aromatic rings. The van der Waals surface area contributed by atoms with Gasteiger partial charge in [-0.2, -0.15) is 0 Å². The van der Waals surface area contributed by atoms with Gasteiger partial charge in [-0.05, 0) is 64.2 Å². The largest absolute Gasteiger partial charge is 0.394 e. The van der Waals surface area contributed by atoms with E-state index in [2.05, 4.69) is 79.9 Å². The smallest absolute Gasteiger partial charge is 0.220 e. The predicted molar refractivity (Wildman–Crippen MR) is 419 cm³/mol. The summed E-state index contributed by atoms with van der Waals surface area (Å²) in [5, 5.41) is 55.0. The van der Waals surface area contributed by atoms with Gasteiger partial charge in [0, 0.05) is 6.42 Å². The third kappa shape index (κ3) is 64.2. The zero-order chi connectivity index (χ0) is 69.9. The van der Waals surface area contributed by atoms with Crippen molar-refractivity contribution in [3.8, 4) is 0 Å². The van der Waals surface area contributed by atoms with E-state index in [-0.39, 0.29) is 12.5 Å². The molecule has 568 valence electrons. The van der Waals surface area contributed by atoms with Crippen molar-refractivity contribution >= 4 is 5.91 Å². The van der Waals surface area contributed by atoms with Gasteiger partial charge >= 0.3 is 0 Å². The van der Waals surface area contributed by atoms with Crippen LogP contribution >= 0.6 is 0 Å². The van der Waals surface area contributed by atoms with Crippen molar-refractivity contribution < 1.29 is 39.8 Å². The van der Waals surface area contributed by atoms with Crippen molar-refractivity contribution in [2.75, 3.05) is 13.2 Å². The second-order valence-corrected chi connectivity index (χ2v) is 29.6. The Balaban J connectivity index is 2.03. The average molecular weight is 1360 g/mol. The molecular weight excluding hydrogens is 1200 g/mol. The monoisotopic (exact) mass is 1360 g/mol. The molecule has 9 nitrogen and oxygen atoms in total. The van der Waals surface area contributed by atoms with Crippen LogP contribution < -0.4 is 5.32 Å². The van der Waals surface area contributed by atoms with Crippen LogP contribution in [0.1, 0.15) is 425 Å². The number of ether oxygens (including phenoxy) is 2. The van der Waals surface area contributed by atoms with Crippen molar-refractivity contribution in [3.63, 3.8) is 0 Å². The lowest BCUT2D eigenvalue weighted by molar-refractivity contribution is -0.302. The Morgan fingerprint density at radius 3 is 0.948 bits per heavy atom. The molecule has 1 saturated heterocycles. The summed E-state index contributed by atoms with van der Waals surface area (Å²) in [6.45, 7) is 3.73. The molecule has 1 aliphatic rings. The van der Waals surface area contributed by atoms with Gasteiger partial charge in [0.1, 0.15) is 24.4 Å². The molecule has 0 aliphatic carbocycles. The quantitative estimate of drug-likeness (QED) is 0.0261. The topological polar surface area (TPSA) is 149 Å². The lowest BCUT2D eigenvalue weighted by atomic mass is 9.99. The van der Waals surface area contributed by atoms with Gasteiger partial charge < -0.3 is 40.3 Å². The van der Waals surface area contributed by atoms with Crippen LogP contribution in [-0.2, 0) is 14.3 Å². The van der Waals surface area contributed by atoms with Crippen LogP contribution in [0.5, 0.6) is 0 Å². The first kappa shape index (κ1) is 92.6. The number of hydrogen-bond donors (Lipinski definition) is 6. The lowest BCUT2D eigenvalue weighted by Crippen LogP contribution is -2.60. The van der Waals surface area contributed by atoms with Crippen LogP contribution in [0.25, 0.3) is 0 Å². The molecular formula is C88H163NO8. The summed E-state index contributed by atoms with van der Waals surface area (Å²) in [6.07, 6.45) is 102. The molecule has 1 amide bonds. The molecule has 1 rings (SSSR count). The maximum Gasteiger partial charge on any atom is 0.220 e. The van der Waals surface area contributed by atoms with Gasteiger partial charge in [-0.25, -0.2) is 0 Å². The molecule has 7 unspecified atom stereocenters. The second kappa shape index (κ2) is 76.3. The molecule has 0 spiro atoms. The third-order valence-corrected chi connectivity index (χ3v) is 20.3. The van der Waals surface area contributed by atoms with Crippen molar-refractivity contribution in [3.05, 3.63) is 72.9 Å². The van der Waals surface area contributed by atoms with E-state index >= 15 is 0 Å². The standard InChI is InChI=1S/C88H163NO8/c1-3-5-7-9-11-13-15-17-19-21-23-25-27-29-31-33-35-37-38-39-40-41-42-43-44-46-48-50-52-54-56-58-60-62-64-66-68-70-72-74-76-78-84(92)89-81(80-96-88-87(95)86(94)85(93)83(79-90)97-88)82(91)77-75-73-71-69-67-65-63-61-59-57-55-53-51-49-47-45-36-34-32-30-28-26-24-22-20-18-16-14-12-10-8-6-4-2/h5,7,11,13,17,19,23,25,29,31,75,77,81-83,85-88,90-91,93-95H,3-4,6,8-10,12,14-16,18,20-22,24,26-28,30,32-74,76,78-80H2,1-2H3,(H,89,92)/b7-5-,13-11-,19-17-,25-23-,31-29-,77-75+. The normalized spacial score (nSPS) is 17.7. The first-order valence-corrected chi connectivity index (χ1v) is 42.7. The zero-order valence-corrected chi connectivity index (χ0v) is 64.1. The van der Waals surface area contributed by atoms with E-state index in [4.69, 9.17) is 9.47 Å². The first-order chi connectivity index (χ1) is 47.8. The summed E-state index contributed by atoms with van der Waals surface area (Å²) in [6, 6.07) is -0.807. The Bertz CT molecular complexity index is 1780. The van der Waals surface area contributed by atoms with Gasteiger partial charge in [-0.15, -0.1) is 0 Å². The van der Waals surface area contributed by atoms with Crippen molar-refractivity contribution in [1.29, 1.82) is 0 Å². The predicted octanol–water partition coefficient (Wildman–Crippen LogP) is 25.0. The Kier molecular flexibility index (Phi) is 72.8. The summed E-state index contributed by atoms with van der Waals surface area (Å²) in [7, 11) is 0. The molecule has 97 heavy (non-hydrogen) atoms. The molecule has 0 bridgehead atoms. The molecule has 0 saturated carbocycles. The highest BCUT2D eigenvalue weighted by atomic mass is 16.7. The van der Waals surface area contributed by atoms with Gasteiger partial charge in [-0.1, -0.05) is 427 Å². The number of allylic oxidation sites excluding steroid dienone is 11. The van der Waals surface area contributed by atoms with Crippen LogP contribution in [0.4, 0.5) is 0 Å². The maximum absolute atomic E-state index is 13.2. The fourth-order valence-corrected chi connectivity index (χ4v) is 13.7. The number of nitrogens with one attached hydrogen (secondary N) is 1. The van der Waals surface area contributed by atoms with Gasteiger partial charge in [0.15, 0.2) is 6.29 Å². The molecule has 0 aromatic carbocycles. The average Bonchev–Trinajstić information content (AvgIpc) is 0.854. The lowest BCUT2D eigenvalue weighted by Gasteiger charge is -2.40. The number of rotatable bonds is 76. The van der Waals surface area contributed by atoms with Gasteiger partial charge in [0.2, 0.25) is 5.91 Å². The molecule has 6 N–H and O–H groups in total.